The Morgan fingerprint density at radius 3 is 2.57 bits per heavy atom. The summed E-state index contributed by atoms with van der Waals surface area (Å²) in [6, 6.07) is 0.314. The minimum atomic E-state index is 0.314. The van der Waals surface area contributed by atoms with Crippen molar-refractivity contribution < 1.29 is 0 Å². The average Bonchev–Trinajstić information content (AvgIpc) is 2.46. The lowest BCUT2D eigenvalue weighted by atomic mass is 9.96. The average molecular weight is 195 g/mol. The maximum absolute atomic E-state index is 4.32. The van der Waals surface area contributed by atoms with Gasteiger partial charge in [-0.1, -0.05) is 20.8 Å². The Morgan fingerprint density at radius 1 is 1.50 bits per heavy atom. The summed E-state index contributed by atoms with van der Waals surface area (Å²) in [7, 11) is 2.03. The van der Waals surface area contributed by atoms with Gasteiger partial charge >= 0.3 is 0 Å². The predicted molar refractivity (Wildman–Crippen MR) is 59.1 cm³/mol. The van der Waals surface area contributed by atoms with Crippen LogP contribution in [0.25, 0.3) is 0 Å². The number of nitrogens with one attached hydrogen (secondary N) is 1. The molecule has 1 N–H and O–H groups in total. The Kier molecular flexibility index (Phi) is 3.32. The maximum Gasteiger partial charge on any atom is 0.125 e. The second-order valence-electron chi connectivity index (χ2n) is 5.06. The molecule has 1 rings (SSSR count). The zero-order valence-electron chi connectivity index (χ0n) is 9.83. The van der Waals surface area contributed by atoms with Crippen LogP contribution in [0.5, 0.6) is 0 Å². The second kappa shape index (κ2) is 4.13. The molecule has 0 amide bonds. The summed E-state index contributed by atoms with van der Waals surface area (Å²) in [5.41, 5.74) is 0.319. The van der Waals surface area contributed by atoms with Crippen molar-refractivity contribution >= 4 is 0 Å². The topological polar surface area (TPSA) is 29.9 Å². The van der Waals surface area contributed by atoms with Crippen LogP contribution in [-0.4, -0.2) is 16.1 Å². The zero-order chi connectivity index (χ0) is 10.8. The molecular formula is C11H21N3. The maximum atomic E-state index is 4.32. The van der Waals surface area contributed by atoms with Crippen molar-refractivity contribution in [2.24, 2.45) is 12.5 Å². The fourth-order valence-electron chi connectivity index (χ4n) is 1.34. The number of hydrogen-bond acceptors (Lipinski definition) is 2. The molecule has 14 heavy (non-hydrogen) atoms. The van der Waals surface area contributed by atoms with Gasteiger partial charge in [0.2, 0.25) is 0 Å². The monoisotopic (exact) mass is 195 g/mol. The first-order valence-electron chi connectivity index (χ1n) is 5.11. The molecule has 1 aromatic rings. The van der Waals surface area contributed by atoms with Gasteiger partial charge in [-0.3, -0.25) is 0 Å². The summed E-state index contributed by atoms with van der Waals surface area (Å²) in [6.45, 7) is 9.83. The van der Waals surface area contributed by atoms with Gasteiger partial charge < -0.3 is 9.88 Å². The van der Waals surface area contributed by atoms with Crippen LogP contribution in [0.2, 0.25) is 0 Å². The van der Waals surface area contributed by atoms with Crippen LogP contribution in [0, 0.1) is 5.41 Å². The van der Waals surface area contributed by atoms with E-state index in [9.17, 15) is 0 Å². The van der Waals surface area contributed by atoms with Gasteiger partial charge in [-0.25, -0.2) is 4.98 Å². The summed E-state index contributed by atoms with van der Waals surface area (Å²) in [5, 5.41) is 3.48. The Morgan fingerprint density at radius 2 is 2.14 bits per heavy atom. The van der Waals surface area contributed by atoms with Crippen molar-refractivity contribution in [3.05, 3.63) is 18.2 Å². The molecule has 0 spiro atoms. The Labute approximate surface area is 86.5 Å². The predicted octanol–water partition coefficient (Wildman–Crippen LogP) is 2.12. The molecule has 0 saturated carbocycles. The van der Waals surface area contributed by atoms with Crippen molar-refractivity contribution in [1.29, 1.82) is 0 Å². The van der Waals surface area contributed by atoms with Crippen molar-refractivity contribution in [1.82, 2.24) is 14.9 Å². The molecule has 0 aliphatic rings. The summed E-state index contributed by atoms with van der Waals surface area (Å²) >= 11 is 0. The van der Waals surface area contributed by atoms with Crippen LogP contribution in [0.4, 0.5) is 0 Å². The van der Waals surface area contributed by atoms with E-state index in [0.29, 0.717) is 11.5 Å². The lowest BCUT2D eigenvalue weighted by Gasteiger charge is -2.22. The number of nitrogens with zero attached hydrogens (tertiary/aromatic N) is 2. The van der Waals surface area contributed by atoms with Crippen LogP contribution in [0.15, 0.2) is 12.4 Å². The minimum Gasteiger partial charge on any atom is -0.337 e. The Balaban J connectivity index is 2.51. The fourth-order valence-corrected chi connectivity index (χ4v) is 1.34. The highest BCUT2D eigenvalue weighted by atomic mass is 15.1. The fraction of sp³-hybridized carbons (Fsp3) is 0.727. The van der Waals surface area contributed by atoms with Gasteiger partial charge in [0.15, 0.2) is 0 Å². The van der Waals surface area contributed by atoms with Crippen molar-refractivity contribution in [3.63, 3.8) is 0 Å². The summed E-state index contributed by atoms with van der Waals surface area (Å²) < 4.78 is 2.06. The molecule has 0 saturated heterocycles. The van der Waals surface area contributed by atoms with Crippen LogP contribution in [0.3, 0.4) is 0 Å². The van der Waals surface area contributed by atoms with Crippen LogP contribution in [0.1, 0.15) is 39.6 Å². The summed E-state index contributed by atoms with van der Waals surface area (Å²) in [6.07, 6.45) is 3.81. The van der Waals surface area contributed by atoms with E-state index in [4.69, 9.17) is 0 Å². The molecule has 3 nitrogen and oxygen atoms in total. The number of hydrogen-bond donors (Lipinski definition) is 1. The molecule has 0 bridgehead atoms. The van der Waals surface area contributed by atoms with E-state index in [1.807, 2.05) is 19.4 Å². The number of imidazole rings is 1. The molecule has 1 heterocycles. The quantitative estimate of drug-likeness (QED) is 0.800. The number of aryl methyl sites for hydroxylation is 1. The largest absolute Gasteiger partial charge is 0.337 e. The Bertz CT molecular complexity index is 283. The molecule has 1 atom stereocenters. The first kappa shape index (κ1) is 11.2. The molecule has 1 unspecified atom stereocenters. The van der Waals surface area contributed by atoms with Gasteiger partial charge in [-0.2, -0.15) is 0 Å². The zero-order valence-corrected chi connectivity index (χ0v) is 9.83. The van der Waals surface area contributed by atoms with Gasteiger partial charge in [0, 0.05) is 26.0 Å². The molecular weight excluding hydrogens is 174 g/mol. The molecule has 0 aliphatic carbocycles. The van der Waals surface area contributed by atoms with E-state index in [1.54, 1.807) is 0 Å². The summed E-state index contributed by atoms with van der Waals surface area (Å²) in [5.74, 6) is 1.09. The van der Waals surface area contributed by atoms with E-state index in [2.05, 4.69) is 42.6 Å². The van der Waals surface area contributed by atoms with Crippen molar-refractivity contribution in [2.75, 3.05) is 6.54 Å². The normalized spacial score (nSPS) is 14.4. The molecule has 3 heteroatoms. The standard InChI is InChI=1S/C11H21N3/c1-9(13-8-11(2,3)4)10-12-6-7-14(10)5/h6-7,9,13H,8H2,1-5H3. The van der Waals surface area contributed by atoms with E-state index >= 15 is 0 Å². The van der Waals surface area contributed by atoms with Gasteiger partial charge in [-0.05, 0) is 12.3 Å². The van der Waals surface area contributed by atoms with Gasteiger partial charge in [0.1, 0.15) is 5.82 Å². The van der Waals surface area contributed by atoms with Crippen LogP contribution in [-0.2, 0) is 7.05 Å². The second-order valence-corrected chi connectivity index (χ2v) is 5.06. The number of rotatable bonds is 3. The molecule has 0 aromatic carbocycles. The smallest absolute Gasteiger partial charge is 0.125 e. The minimum absolute atomic E-state index is 0.314. The van der Waals surface area contributed by atoms with E-state index in [1.165, 1.54) is 0 Å². The van der Waals surface area contributed by atoms with Gasteiger partial charge in [0.05, 0.1) is 6.04 Å². The van der Waals surface area contributed by atoms with Crippen molar-refractivity contribution in [3.8, 4) is 0 Å². The molecule has 0 radical (unpaired) electrons. The first-order chi connectivity index (χ1) is 6.40. The third-order valence-corrected chi connectivity index (χ3v) is 2.18. The van der Waals surface area contributed by atoms with E-state index in [0.717, 1.165) is 12.4 Å². The SMILES string of the molecule is CC(NCC(C)(C)C)c1nccn1C. The molecule has 80 valence electrons. The molecule has 1 aromatic heterocycles. The molecule has 0 aliphatic heterocycles. The van der Waals surface area contributed by atoms with Crippen LogP contribution < -0.4 is 5.32 Å². The molecule has 0 fully saturated rings. The van der Waals surface area contributed by atoms with Gasteiger partial charge in [0.25, 0.3) is 0 Å². The first-order valence-corrected chi connectivity index (χ1v) is 5.11. The van der Waals surface area contributed by atoms with E-state index in [-0.39, 0.29) is 0 Å². The van der Waals surface area contributed by atoms with Gasteiger partial charge in [-0.15, -0.1) is 0 Å². The lowest BCUT2D eigenvalue weighted by Crippen LogP contribution is -2.30. The summed E-state index contributed by atoms with van der Waals surface area (Å²) in [4.78, 5) is 4.32. The third kappa shape index (κ3) is 3.14. The highest BCUT2D eigenvalue weighted by Gasteiger charge is 2.14. The highest BCUT2D eigenvalue weighted by molar-refractivity contribution is 4.97. The van der Waals surface area contributed by atoms with E-state index < -0.39 is 0 Å². The lowest BCUT2D eigenvalue weighted by molar-refractivity contribution is 0.353. The highest BCUT2D eigenvalue weighted by Crippen LogP contribution is 2.14. The number of aromatic nitrogens is 2. The third-order valence-electron chi connectivity index (χ3n) is 2.18. The van der Waals surface area contributed by atoms with Crippen molar-refractivity contribution in [2.45, 2.75) is 33.7 Å². The van der Waals surface area contributed by atoms with Crippen LogP contribution >= 0.6 is 0 Å². The Hall–Kier alpha value is -0.830.